The van der Waals surface area contributed by atoms with E-state index in [2.05, 4.69) is 5.32 Å². The first-order valence-electron chi connectivity index (χ1n) is 5.45. The first-order valence-corrected chi connectivity index (χ1v) is 6.61. The quantitative estimate of drug-likeness (QED) is 0.698. The zero-order chi connectivity index (χ0) is 10.5. The second-order valence-corrected chi connectivity index (χ2v) is 4.98. The fourth-order valence-electron chi connectivity index (χ4n) is 1.76. The molecule has 0 aromatic carbocycles. The van der Waals surface area contributed by atoms with Crippen LogP contribution in [0.1, 0.15) is 12.8 Å². The highest BCUT2D eigenvalue weighted by Crippen LogP contribution is 2.14. The molecular weight excluding hydrogens is 214 g/mol. The average Bonchev–Trinajstić information content (AvgIpc) is 2.31. The smallest absolute Gasteiger partial charge is 0.324 e. The third kappa shape index (κ3) is 3.36. The van der Waals surface area contributed by atoms with E-state index < -0.39 is 0 Å². The summed E-state index contributed by atoms with van der Waals surface area (Å²) < 4.78 is 10.7. The molecule has 0 aliphatic carbocycles. The van der Waals surface area contributed by atoms with Crippen molar-refractivity contribution in [3.05, 3.63) is 0 Å². The highest BCUT2D eigenvalue weighted by Gasteiger charge is 2.26. The van der Waals surface area contributed by atoms with Gasteiger partial charge in [0.1, 0.15) is 12.1 Å². The predicted molar refractivity (Wildman–Crippen MR) is 59.0 cm³/mol. The molecule has 2 fully saturated rings. The van der Waals surface area contributed by atoms with Gasteiger partial charge in [0, 0.05) is 30.9 Å². The Kier molecular flexibility index (Phi) is 4.29. The molecule has 86 valence electrons. The van der Waals surface area contributed by atoms with Crippen LogP contribution in [-0.4, -0.2) is 49.4 Å². The lowest BCUT2D eigenvalue weighted by Crippen LogP contribution is -2.45. The van der Waals surface area contributed by atoms with Crippen LogP contribution in [-0.2, 0) is 14.3 Å². The summed E-state index contributed by atoms with van der Waals surface area (Å²) in [5, 5.41) is 3.18. The van der Waals surface area contributed by atoms with Gasteiger partial charge in [-0.1, -0.05) is 0 Å². The van der Waals surface area contributed by atoms with Crippen molar-refractivity contribution >= 4 is 17.7 Å². The number of rotatable bonds is 2. The number of hydrogen-bond donors (Lipinski definition) is 1. The van der Waals surface area contributed by atoms with E-state index in [9.17, 15) is 4.79 Å². The SMILES string of the molecule is O=C(OC1CCOCC1)C1CSCCN1. The minimum atomic E-state index is -0.105. The van der Waals surface area contributed by atoms with Gasteiger partial charge in [-0.2, -0.15) is 11.8 Å². The summed E-state index contributed by atoms with van der Waals surface area (Å²) in [5.74, 6) is 1.83. The molecule has 1 N–H and O–H groups in total. The average molecular weight is 231 g/mol. The van der Waals surface area contributed by atoms with E-state index in [1.54, 1.807) is 11.8 Å². The van der Waals surface area contributed by atoms with Crippen molar-refractivity contribution in [2.24, 2.45) is 0 Å². The van der Waals surface area contributed by atoms with Crippen molar-refractivity contribution in [3.8, 4) is 0 Å². The highest BCUT2D eigenvalue weighted by atomic mass is 32.2. The van der Waals surface area contributed by atoms with Crippen LogP contribution in [0.25, 0.3) is 0 Å². The molecular formula is C10H17NO3S. The maximum absolute atomic E-state index is 11.7. The minimum Gasteiger partial charge on any atom is -0.461 e. The topological polar surface area (TPSA) is 47.6 Å². The zero-order valence-electron chi connectivity index (χ0n) is 8.74. The largest absolute Gasteiger partial charge is 0.461 e. The van der Waals surface area contributed by atoms with E-state index in [1.165, 1.54) is 0 Å². The Balaban J connectivity index is 1.74. The van der Waals surface area contributed by atoms with Gasteiger partial charge >= 0.3 is 5.97 Å². The fourth-order valence-corrected chi connectivity index (χ4v) is 2.68. The van der Waals surface area contributed by atoms with Crippen LogP contribution >= 0.6 is 11.8 Å². The third-order valence-corrected chi connectivity index (χ3v) is 3.72. The van der Waals surface area contributed by atoms with E-state index in [0.717, 1.165) is 30.9 Å². The summed E-state index contributed by atoms with van der Waals surface area (Å²) in [5.41, 5.74) is 0. The molecule has 4 nitrogen and oxygen atoms in total. The van der Waals surface area contributed by atoms with Crippen LogP contribution in [0.3, 0.4) is 0 Å². The highest BCUT2D eigenvalue weighted by molar-refractivity contribution is 7.99. The molecule has 0 spiro atoms. The van der Waals surface area contributed by atoms with Gasteiger partial charge in [-0.25, -0.2) is 0 Å². The number of nitrogens with one attached hydrogen (secondary N) is 1. The van der Waals surface area contributed by atoms with E-state index >= 15 is 0 Å². The van der Waals surface area contributed by atoms with Crippen molar-refractivity contribution in [1.29, 1.82) is 0 Å². The molecule has 0 radical (unpaired) electrons. The first kappa shape index (κ1) is 11.2. The van der Waals surface area contributed by atoms with E-state index in [-0.39, 0.29) is 18.1 Å². The molecule has 15 heavy (non-hydrogen) atoms. The standard InChI is InChI=1S/C10H17NO3S/c12-10(9-7-15-6-3-11-9)14-8-1-4-13-5-2-8/h8-9,11H,1-7H2. The first-order chi connectivity index (χ1) is 7.36. The molecule has 1 atom stereocenters. The lowest BCUT2D eigenvalue weighted by atomic mass is 10.1. The molecule has 0 bridgehead atoms. The maximum atomic E-state index is 11.7. The van der Waals surface area contributed by atoms with Crippen molar-refractivity contribution in [1.82, 2.24) is 5.32 Å². The minimum absolute atomic E-state index is 0.0694. The third-order valence-electron chi connectivity index (χ3n) is 2.66. The number of carbonyl (C=O) groups is 1. The molecule has 1 unspecified atom stereocenters. The van der Waals surface area contributed by atoms with Crippen molar-refractivity contribution in [3.63, 3.8) is 0 Å². The van der Waals surface area contributed by atoms with Crippen LogP contribution in [0.15, 0.2) is 0 Å². The van der Waals surface area contributed by atoms with Gasteiger partial charge in [0.25, 0.3) is 0 Å². The van der Waals surface area contributed by atoms with Crippen LogP contribution in [0, 0.1) is 0 Å². The number of thioether (sulfide) groups is 1. The lowest BCUT2D eigenvalue weighted by Gasteiger charge is -2.26. The van der Waals surface area contributed by atoms with Crippen LogP contribution in [0.5, 0.6) is 0 Å². The molecule has 2 aliphatic rings. The number of hydrogen-bond acceptors (Lipinski definition) is 5. The summed E-state index contributed by atoms with van der Waals surface area (Å²) in [6, 6.07) is -0.105. The normalized spacial score (nSPS) is 28.7. The monoisotopic (exact) mass is 231 g/mol. The Hall–Kier alpha value is -0.260. The molecule has 0 saturated carbocycles. The number of ether oxygens (including phenoxy) is 2. The summed E-state index contributed by atoms with van der Waals surface area (Å²) >= 11 is 1.81. The molecule has 2 rings (SSSR count). The van der Waals surface area contributed by atoms with Gasteiger partial charge in [-0.15, -0.1) is 0 Å². The molecule has 2 saturated heterocycles. The van der Waals surface area contributed by atoms with Gasteiger partial charge < -0.3 is 14.8 Å². The summed E-state index contributed by atoms with van der Waals surface area (Å²) in [4.78, 5) is 11.7. The van der Waals surface area contributed by atoms with E-state index in [1.807, 2.05) is 0 Å². The predicted octanol–water partition coefficient (Wildman–Crippen LogP) is 0.414. The molecule has 0 amide bonds. The molecule has 0 aromatic heterocycles. The zero-order valence-corrected chi connectivity index (χ0v) is 9.55. The fraction of sp³-hybridized carbons (Fsp3) is 0.900. The maximum Gasteiger partial charge on any atom is 0.324 e. The van der Waals surface area contributed by atoms with E-state index in [0.29, 0.717) is 13.2 Å². The molecule has 5 heteroatoms. The van der Waals surface area contributed by atoms with E-state index in [4.69, 9.17) is 9.47 Å². The van der Waals surface area contributed by atoms with Crippen LogP contribution in [0.2, 0.25) is 0 Å². The van der Waals surface area contributed by atoms with Crippen LogP contribution in [0.4, 0.5) is 0 Å². The number of carbonyl (C=O) groups excluding carboxylic acids is 1. The Morgan fingerprint density at radius 1 is 1.40 bits per heavy atom. The van der Waals surface area contributed by atoms with Gasteiger partial charge in [0.15, 0.2) is 0 Å². The summed E-state index contributed by atoms with van der Waals surface area (Å²) in [6.45, 7) is 2.33. The Bertz CT molecular complexity index is 213. The Morgan fingerprint density at radius 2 is 2.20 bits per heavy atom. The molecule has 2 aliphatic heterocycles. The second kappa shape index (κ2) is 5.72. The van der Waals surface area contributed by atoms with Crippen molar-refractivity contribution in [2.75, 3.05) is 31.3 Å². The van der Waals surface area contributed by atoms with Gasteiger partial charge in [-0.3, -0.25) is 4.79 Å². The lowest BCUT2D eigenvalue weighted by molar-refractivity contribution is -0.155. The second-order valence-electron chi connectivity index (χ2n) is 3.83. The Labute approximate surface area is 94.1 Å². The molecule has 0 aromatic rings. The summed E-state index contributed by atoms with van der Waals surface area (Å²) in [7, 11) is 0. The van der Waals surface area contributed by atoms with Crippen molar-refractivity contribution < 1.29 is 14.3 Å². The Morgan fingerprint density at radius 3 is 2.87 bits per heavy atom. The van der Waals surface area contributed by atoms with Gasteiger partial charge in [0.2, 0.25) is 0 Å². The number of esters is 1. The van der Waals surface area contributed by atoms with Gasteiger partial charge in [0.05, 0.1) is 13.2 Å². The van der Waals surface area contributed by atoms with Gasteiger partial charge in [-0.05, 0) is 0 Å². The van der Waals surface area contributed by atoms with Crippen LogP contribution < -0.4 is 5.32 Å². The summed E-state index contributed by atoms with van der Waals surface area (Å²) in [6.07, 6.45) is 1.75. The van der Waals surface area contributed by atoms with Crippen molar-refractivity contribution in [2.45, 2.75) is 25.0 Å². The molecule has 2 heterocycles.